The molecule has 5 rings (SSSR count). The average molecular weight is 446 g/mol. The predicted octanol–water partition coefficient (Wildman–Crippen LogP) is 2.83. The minimum Gasteiger partial charge on any atom is -0.378 e. The van der Waals surface area contributed by atoms with E-state index in [9.17, 15) is 9.59 Å². The number of aromatic nitrogens is 3. The van der Waals surface area contributed by atoms with Gasteiger partial charge in [0.2, 0.25) is 0 Å². The number of amides is 2. The molecule has 8 nitrogen and oxygen atoms in total. The molecule has 8 heteroatoms. The number of pyridine rings is 1. The summed E-state index contributed by atoms with van der Waals surface area (Å²) in [6, 6.07) is 9.48. The van der Waals surface area contributed by atoms with E-state index in [1.807, 2.05) is 42.2 Å². The van der Waals surface area contributed by atoms with Crippen LogP contribution in [0.15, 0.2) is 42.7 Å². The minimum atomic E-state index is -0.0476. The zero-order valence-electron chi connectivity index (χ0n) is 18.7. The molecule has 3 aromatic rings. The smallest absolute Gasteiger partial charge is 0.257 e. The Morgan fingerprint density at radius 3 is 2.70 bits per heavy atom. The lowest BCUT2D eigenvalue weighted by molar-refractivity contribution is 0.0301. The summed E-state index contributed by atoms with van der Waals surface area (Å²) in [6.07, 6.45) is 5.21. The normalized spacial score (nSPS) is 19.0. The number of morpholine rings is 1. The minimum absolute atomic E-state index is 0.0151. The molecule has 2 aromatic heterocycles. The summed E-state index contributed by atoms with van der Waals surface area (Å²) in [5, 5.41) is 0.955. The van der Waals surface area contributed by atoms with Crippen LogP contribution >= 0.6 is 0 Å². The number of ether oxygens (including phenoxy) is 1. The van der Waals surface area contributed by atoms with Gasteiger partial charge in [-0.15, -0.1) is 0 Å². The quantitative estimate of drug-likeness (QED) is 0.616. The highest BCUT2D eigenvalue weighted by Gasteiger charge is 2.28. The topological polar surface area (TPSA) is 88.5 Å². The third kappa shape index (κ3) is 4.43. The summed E-state index contributed by atoms with van der Waals surface area (Å²) in [5.74, 6) is 0.720. The van der Waals surface area contributed by atoms with Crippen molar-refractivity contribution in [2.24, 2.45) is 0 Å². The highest BCUT2D eigenvalue weighted by molar-refractivity contribution is 5.98. The Labute approximate surface area is 192 Å². The number of aryl methyl sites for hydroxylation is 1. The molecule has 0 N–H and O–H groups in total. The number of carbonyl (C=O) groups is 2. The largest absolute Gasteiger partial charge is 0.378 e. The van der Waals surface area contributed by atoms with Gasteiger partial charge in [0.05, 0.1) is 30.0 Å². The fourth-order valence-corrected chi connectivity index (χ4v) is 4.59. The van der Waals surface area contributed by atoms with E-state index < -0.39 is 0 Å². The van der Waals surface area contributed by atoms with Gasteiger partial charge in [0.25, 0.3) is 11.8 Å². The number of benzene rings is 1. The average Bonchev–Trinajstić information content (AvgIpc) is 2.88. The summed E-state index contributed by atoms with van der Waals surface area (Å²) in [4.78, 5) is 43.3. The van der Waals surface area contributed by atoms with E-state index in [4.69, 9.17) is 4.74 Å². The molecule has 2 fully saturated rings. The van der Waals surface area contributed by atoms with Crippen LogP contribution in [0.5, 0.6) is 0 Å². The molecule has 2 saturated heterocycles. The summed E-state index contributed by atoms with van der Waals surface area (Å²) in [5.41, 5.74) is 2.76. The molecule has 2 amide bonds. The van der Waals surface area contributed by atoms with Crippen LogP contribution < -0.4 is 0 Å². The van der Waals surface area contributed by atoms with Crippen molar-refractivity contribution in [3.63, 3.8) is 0 Å². The number of carbonyl (C=O) groups excluding carboxylic acids is 2. The molecule has 2 aliphatic rings. The maximum absolute atomic E-state index is 13.2. The Balaban J connectivity index is 1.31. The van der Waals surface area contributed by atoms with Crippen molar-refractivity contribution < 1.29 is 14.3 Å². The molecule has 0 aliphatic carbocycles. The zero-order valence-corrected chi connectivity index (χ0v) is 18.7. The van der Waals surface area contributed by atoms with E-state index in [-0.39, 0.29) is 17.7 Å². The van der Waals surface area contributed by atoms with Crippen LogP contribution in [0.3, 0.4) is 0 Å². The molecule has 1 atom stereocenters. The molecule has 0 bridgehead atoms. The van der Waals surface area contributed by atoms with E-state index in [1.54, 1.807) is 17.3 Å². The van der Waals surface area contributed by atoms with Crippen LogP contribution in [0.2, 0.25) is 0 Å². The van der Waals surface area contributed by atoms with Crippen LogP contribution in [-0.2, 0) is 4.74 Å². The Morgan fingerprint density at radius 2 is 1.88 bits per heavy atom. The second-order valence-corrected chi connectivity index (χ2v) is 8.63. The van der Waals surface area contributed by atoms with Gasteiger partial charge in [-0.3, -0.25) is 14.6 Å². The first-order valence-electron chi connectivity index (χ1n) is 11.4. The third-order valence-corrected chi connectivity index (χ3v) is 6.45. The lowest BCUT2D eigenvalue weighted by Gasteiger charge is -2.32. The van der Waals surface area contributed by atoms with Crippen molar-refractivity contribution in [1.82, 2.24) is 24.8 Å². The Morgan fingerprint density at radius 1 is 1.03 bits per heavy atom. The molecular weight excluding hydrogens is 418 g/mol. The fraction of sp³-hybridized carbons (Fsp3) is 0.400. The second-order valence-electron chi connectivity index (χ2n) is 8.63. The van der Waals surface area contributed by atoms with Gasteiger partial charge in [-0.25, -0.2) is 9.97 Å². The van der Waals surface area contributed by atoms with Gasteiger partial charge in [0.1, 0.15) is 5.82 Å². The zero-order chi connectivity index (χ0) is 22.8. The predicted molar refractivity (Wildman–Crippen MR) is 123 cm³/mol. The van der Waals surface area contributed by atoms with Gasteiger partial charge < -0.3 is 14.5 Å². The van der Waals surface area contributed by atoms with Gasteiger partial charge in [-0.05, 0) is 44.0 Å². The number of nitrogens with zero attached hydrogens (tertiary/aromatic N) is 5. The van der Waals surface area contributed by atoms with Crippen LogP contribution in [0, 0.1) is 6.92 Å². The number of likely N-dealkylation sites (tertiary alicyclic amines) is 1. The summed E-state index contributed by atoms with van der Waals surface area (Å²) in [7, 11) is 0. The lowest BCUT2D eigenvalue weighted by Crippen LogP contribution is -2.41. The van der Waals surface area contributed by atoms with Crippen molar-refractivity contribution in [2.45, 2.75) is 25.7 Å². The Hall–Kier alpha value is -3.39. The third-order valence-electron chi connectivity index (χ3n) is 6.45. The standard InChI is InChI=1S/C25H27N5O3/c1-17-21(25(32)29-10-12-33-13-11-29)15-27-23(28-17)20-5-3-9-30(16-20)24(31)19-6-7-22-18(14-19)4-2-8-26-22/h2,4,6-8,14-15,20H,3,5,9-13,16H2,1H3/t20-/m0/s1. The fourth-order valence-electron chi connectivity index (χ4n) is 4.59. The highest BCUT2D eigenvalue weighted by atomic mass is 16.5. The number of rotatable bonds is 3. The molecule has 0 radical (unpaired) electrons. The van der Waals surface area contributed by atoms with E-state index in [2.05, 4.69) is 15.0 Å². The van der Waals surface area contributed by atoms with Gasteiger partial charge in [-0.1, -0.05) is 6.07 Å². The summed E-state index contributed by atoms with van der Waals surface area (Å²) >= 11 is 0. The van der Waals surface area contributed by atoms with E-state index in [0.717, 1.165) is 23.7 Å². The summed E-state index contributed by atoms with van der Waals surface area (Å²) in [6.45, 7) is 5.43. The van der Waals surface area contributed by atoms with Crippen molar-refractivity contribution in [2.75, 3.05) is 39.4 Å². The maximum Gasteiger partial charge on any atom is 0.257 e. The molecule has 4 heterocycles. The maximum atomic E-state index is 13.2. The monoisotopic (exact) mass is 445 g/mol. The van der Waals surface area contributed by atoms with E-state index in [0.29, 0.717) is 62.0 Å². The molecule has 0 unspecified atom stereocenters. The van der Waals surface area contributed by atoms with Crippen LogP contribution in [0.1, 0.15) is 51.0 Å². The molecule has 170 valence electrons. The molecule has 0 saturated carbocycles. The number of piperidine rings is 1. The summed E-state index contributed by atoms with van der Waals surface area (Å²) < 4.78 is 5.34. The van der Waals surface area contributed by atoms with Gasteiger partial charge in [0, 0.05) is 55.4 Å². The molecule has 1 aromatic carbocycles. The van der Waals surface area contributed by atoms with E-state index >= 15 is 0 Å². The number of fused-ring (bicyclic) bond motifs is 1. The SMILES string of the molecule is Cc1nc([C@H]2CCCN(C(=O)c3ccc4ncccc4c3)C2)ncc1C(=O)N1CCOCC1. The first-order valence-corrected chi connectivity index (χ1v) is 11.4. The Bertz CT molecular complexity index is 1190. The molecular formula is C25H27N5O3. The first kappa shape index (κ1) is 21.5. The van der Waals surface area contributed by atoms with Gasteiger partial charge >= 0.3 is 0 Å². The van der Waals surface area contributed by atoms with Crippen molar-refractivity contribution in [3.8, 4) is 0 Å². The van der Waals surface area contributed by atoms with E-state index in [1.165, 1.54) is 0 Å². The van der Waals surface area contributed by atoms with Gasteiger partial charge in [0.15, 0.2) is 0 Å². The van der Waals surface area contributed by atoms with Gasteiger partial charge in [-0.2, -0.15) is 0 Å². The van der Waals surface area contributed by atoms with Crippen LogP contribution in [0.4, 0.5) is 0 Å². The lowest BCUT2D eigenvalue weighted by atomic mass is 9.96. The number of hydrogen-bond donors (Lipinski definition) is 0. The van der Waals surface area contributed by atoms with Crippen LogP contribution in [-0.4, -0.2) is 76.0 Å². The van der Waals surface area contributed by atoms with Crippen molar-refractivity contribution in [1.29, 1.82) is 0 Å². The number of hydrogen-bond acceptors (Lipinski definition) is 6. The van der Waals surface area contributed by atoms with Crippen molar-refractivity contribution in [3.05, 3.63) is 65.4 Å². The first-order chi connectivity index (χ1) is 16.1. The second kappa shape index (κ2) is 9.23. The molecule has 2 aliphatic heterocycles. The highest BCUT2D eigenvalue weighted by Crippen LogP contribution is 2.27. The molecule has 33 heavy (non-hydrogen) atoms. The molecule has 0 spiro atoms. The Kier molecular flexibility index (Phi) is 6.00. The van der Waals surface area contributed by atoms with Crippen molar-refractivity contribution >= 4 is 22.7 Å². The van der Waals surface area contributed by atoms with Crippen LogP contribution in [0.25, 0.3) is 10.9 Å².